The van der Waals surface area contributed by atoms with E-state index in [9.17, 15) is 0 Å². The molecular weight excluding hydrogens is 316 g/mol. The maximum absolute atomic E-state index is 4.53. The van der Waals surface area contributed by atoms with Gasteiger partial charge in [0, 0.05) is 16.9 Å². The lowest BCUT2D eigenvalue weighted by molar-refractivity contribution is -0.901. The maximum Gasteiger partial charge on any atom is 0.138 e. The second-order valence-corrected chi connectivity index (χ2v) is 7.89. The molecule has 0 spiro atoms. The third-order valence-electron chi connectivity index (χ3n) is 4.98. The van der Waals surface area contributed by atoms with Gasteiger partial charge in [0.05, 0.1) is 24.5 Å². The summed E-state index contributed by atoms with van der Waals surface area (Å²) in [5.41, 5.74) is 2.73. The Balaban J connectivity index is 1.47. The van der Waals surface area contributed by atoms with E-state index < -0.39 is 0 Å². The molecule has 5 heteroatoms. The number of hydrogen-bond acceptors (Lipinski definition) is 4. The van der Waals surface area contributed by atoms with Crippen molar-refractivity contribution in [1.29, 1.82) is 0 Å². The van der Waals surface area contributed by atoms with Gasteiger partial charge in [-0.25, -0.2) is 9.97 Å². The molecule has 3 heterocycles. The van der Waals surface area contributed by atoms with Gasteiger partial charge in [0.25, 0.3) is 0 Å². The van der Waals surface area contributed by atoms with Crippen LogP contribution in [0.5, 0.6) is 0 Å². The first-order valence-electron chi connectivity index (χ1n) is 8.55. The summed E-state index contributed by atoms with van der Waals surface area (Å²) in [7, 11) is 0. The van der Waals surface area contributed by atoms with Crippen LogP contribution < -0.4 is 10.2 Å². The van der Waals surface area contributed by atoms with Gasteiger partial charge < -0.3 is 10.2 Å². The minimum Gasteiger partial charge on any atom is -0.361 e. The molecule has 2 N–H and O–H groups in total. The Morgan fingerprint density at radius 2 is 2.04 bits per heavy atom. The molecule has 1 aliphatic rings. The van der Waals surface area contributed by atoms with Crippen LogP contribution in [0.3, 0.4) is 0 Å². The van der Waals surface area contributed by atoms with Crippen LogP contribution in [-0.2, 0) is 6.54 Å². The quantitative estimate of drug-likeness (QED) is 0.768. The fraction of sp³-hybridized carbons (Fsp3) is 0.368. The van der Waals surface area contributed by atoms with Crippen molar-refractivity contribution in [1.82, 2.24) is 9.97 Å². The van der Waals surface area contributed by atoms with Gasteiger partial charge in [0.15, 0.2) is 0 Å². The Kier molecular flexibility index (Phi) is 4.21. The molecule has 0 radical (unpaired) electrons. The number of fused-ring (bicyclic) bond motifs is 1. The Morgan fingerprint density at radius 3 is 2.88 bits per heavy atom. The van der Waals surface area contributed by atoms with Gasteiger partial charge in [-0.2, -0.15) is 0 Å². The third kappa shape index (κ3) is 3.01. The number of rotatable bonds is 4. The zero-order valence-electron chi connectivity index (χ0n) is 14.2. The first kappa shape index (κ1) is 15.5. The minimum absolute atomic E-state index is 0.487. The summed E-state index contributed by atoms with van der Waals surface area (Å²) in [4.78, 5) is 13.0. The highest BCUT2D eigenvalue weighted by molar-refractivity contribution is 7.18. The third-order valence-corrected chi connectivity index (χ3v) is 6.10. The van der Waals surface area contributed by atoms with Crippen molar-refractivity contribution >= 4 is 27.4 Å². The maximum atomic E-state index is 4.53. The van der Waals surface area contributed by atoms with Crippen molar-refractivity contribution in [2.75, 3.05) is 18.4 Å². The van der Waals surface area contributed by atoms with Crippen molar-refractivity contribution in [2.45, 2.75) is 32.9 Å². The molecule has 124 valence electrons. The topological polar surface area (TPSA) is 42.2 Å². The van der Waals surface area contributed by atoms with E-state index in [1.807, 2.05) is 0 Å². The fourth-order valence-electron chi connectivity index (χ4n) is 3.58. The number of nitrogens with zero attached hydrogens (tertiary/aromatic N) is 2. The predicted molar refractivity (Wildman–Crippen MR) is 99.8 cm³/mol. The Morgan fingerprint density at radius 1 is 1.21 bits per heavy atom. The highest BCUT2D eigenvalue weighted by Crippen LogP contribution is 2.32. The molecule has 24 heavy (non-hydrogen) atoms. The minimum atomic E-state index is 0.487. The number of hydrogen-bond donors (Lipinski definition) is 2. The average Bonchev–Trinajstić information content (AvgIpc) is 3.14. The van der Waals surface area contributed by atoms with E-state index in [1.165, 1.54) is 34.4 Å². The van der Waals surface area contributed by atoms with Crippen molar-refractivity contribution in [3.63, 3.8) is 0 Å². The van der Waals surface area contributed by atoms with E-state index >= 15 is 0 Å². The molecule has 1 fully saturated rings. The number of nitrogens with one attached hydrogen (secondary N) is 2. The molecule has 0 aliphatic carbocycles. The lowest BCUT2D eigenvalue weighted by Crippen LogP contribution is -3.09. The van der Waals surface area contributed by atoms with Crippen LogP contribution in [0.2, 0.25) is 0 Å². The van der Waals surface area contributed by atoms with E-state index in [4.69, 9.17) is 0 Å². The zero-order chi connectivity index (χ0) is 16.5. The smallest absolute Gasteiger partial charge is 0.138 e. The largest absolute Gasteiger partial charge is 0.361 e. The van der Waals surface area contributed by atoms with E-state index in [0.29, 0.717) is 6.04 Å². The van der Waals surface area contributed by atoms with E-state index in [0.717, 1.165) is 23.7 Å². The SMILES string of the molecule is Cc1sc2ncnc(N[C@@H]3CC[NH+](Cc4ccccc4)C3)c2c1C. The molecule has 0 saturated carbocycles. The average molecular weight is 339 g/mol. The van der Waals surface area contributed by atoms with Gasteiger partial charge >= 0.3 is 0 Å². The van der Waals surface area contributed by atoms with Gasteiger partial charge in [-0.15, -0.1) is 11.3 Å². The monoisotopic (exact) mass is 339 g/mol. The molecule has 1 aliphatic heterocycles. The molecule has 0 bridgehead atoms. The number of thiophene rings is 1. The van der Waals surface area contributed by atoms with Gasteiger partial charge in [-0.1, -0.05) is 30.3 Å². The summed E-state index contributed by atoms with van der Waals surface area (Å²) in [6.45, 7) is 7.79. The lowest BCUT2D eigenvalue weighted by atomic mass is 10.2. The number of anilines is 1. The number of quaternary nitrogens is 1. The predicted octanol–water partition coefficient (Wildman–Crippen LogP) is 2.58. The summed E-state index contributed by atoms with van der Waals surface area (Å²) in [6, 6.07) is 11.3. The van der Waals surface area contributed by atoms with E-state index in [-0.39, 0.29) is 0 Å². The van der Waals surface area contributed by atoms with E-state index in [2.05, 4.69) is 59.5 Å². The highest BCUT2D eigenvalue weighted by Gasteiger charge is 2.27. The summed E-state index contributed by atoms with van der Waals surface area (Å²) in [6.07, 6.45) is 2.87. The Labute approximate surface area is 146 Å². The standard InChI is InChI=1S/C19H22N4S/c1-13-14(2)24-19-17(13)18(20-12-21-19)22-16-8-9-23(11-16)10-15-6-4-3-5-7-15/h3-7,12,16H,8-11H2,1-2H3,(H,20,21,22)/p+1/t16-/m1/s1. The zero-order valence-corrected chi connectivity index (χ0v) is 15.0. The molecule has 2 aromatic heterocycles. The molecule has 2 atom stereocenters. The molecule has 4 rings (SSSR count). The summed E-state index contributed by atoms with van der Waals surface area (Å²) in [5.74, 6) is 1.01. The number of aromatic nitrogens is 2. The first-order chi connectivity index (χ1) is 11.7. The van der Waals surface area contributed by atoms with Gasteiger partial charge in [0.2, 0.25) is 0 Å². The number of likely N-dealkylation sites (tertiary alicyclic amines) is 1. The number of benzene rings is 1. The molecule has 1 saturated heterocycles. The van der Waals surface area contributed by atoms with Gasteiger partial charge in [-0.05, 0) is 19.4 Å². The van der Waals surface area contributed by atoms with Crippen LogP contribution in [-0.4, -0.2) is 29.1 Å². The van der Waals surface area contributed by atoms with Crippen molar-refractivity contribution in [3.8, 4) is 0 Å². The van der Waals surface area contributed by atoms with E-state index in [1.54, 1.807) is 22.6 Å². The summed E-state index contributed by atoms with van der Waals surface area (Å²) in [5, 5.41) is 4.89. The van der Waals surface area contributed by atoms with Crippen molar-refractivity contribution in [3.05, 3.63) is 52.7 Å². The van der Waals surface area contributed by atoms with Gasteiger partial charge in [0.1, 0.15) is 23.5 Å². The normalized spacial score (nSPS) is 20.6. The Bertz CT molecular complexity index is 843. The second kappa shape index (κ2) is 6.49. The van der Waals surface area contributed by atoms with Crippen molar-refractivity contribution < 1.29 is 4.90 Å². The molecule has 4 nitrogen and oxygen atoms in total. The molecule has 1 aromatic carbocycles. The fourth-order valence-corrected chi connectivity index (χ4v) is 4.58. The van der Waals surface area contributed by atoms with Crippen LogP contribution in [0.1, 0.15) is 22.4 Å². The second-order valence-electron chi connectivity index (χ2n) is 6.68. The van der Waals surface area contributed by atoms with Crippen LogP contribution in [0.4, 0.5) is 5.82 Å². The summed E-state index contributed by atoms with van der Waals surface area (Å²) >= 11 is 1.76. The molecule has 3 aromatic rings. The molecule has 1 unspecified atom stereocenters. The number of aryl methyl sites for hydroxylation is 2. The van der Waals surface area contributed by atoms with Crippen molar-refractivity contribution in [2.24, 2.45) is 0 Å². The Hall–Kier alpha value is -1.98. The van der Waals surface area contributed by atoms with Crippen LogP contribution in [0.15, 0.2) is 36.7 Å². The molecular formula is C19H23N4S+. The lowest BCUT2D eigenvalue weighted by Gasteiger charge is -2.15. The first-order valence-corrected chi connectivity index (χ1v) is 9.37. The van der Waals surface area contributed by atoms with Gasteiger partial charge in [-0.3, -0.25) is 0 Å². The highest BCUT2D eigenvalue weighted by atomic mass is 32.1. The summed E-state index contributed by atoms with van der Waals surface area (Å²) < 4.78 is 0. The van der Waals surface area contributed by atoms with Crippen LogP contribution in [0, 0.1) is 13.8 Å². The van der Waals surface area contributed by atoms with Crippen LogP contribution >= 0.6 is 11.3 Å². The van der Waals surface area contributed by atoms with Crippen LogP contribution in [0.25, 0.3) is 10.2 Å². The molecule has 0 amide bonds.